The third kappa shape index (κ3) is 1.68. The van der Waals surface area contributed by atoms with E-state index in [0.29, 0.717) is 10.9 Å². The molecule has 0 amide bonds. The number of fused-ring (bicyclic) bond motifs is 1. The highest BCUT2D eigenvalue weighted by atomic mass is 35.5. The van der Waals surface area contributed by atoms with Gasteiger partial charge >= 0.3 is 0 Å². The van der Waals surface area contributed by atoms with Gasteiger partial charge in [0.15, 0.2) is 5.65 Å². The van der Waals surface area contributed by atoms with Crippen molar-refractivity contribution >= 4 is 22.8 Å². The van der Waals surface area contributed by atoms with Crippen molar-refractivity contribution in [2.45, 2.75) is 18.8 Å². The number of imidazole rings is 1. The monoisotopic (exact) mass is 237 g/mol. The van der Waals surface area contributed by atoms with Crippen LogP contribution in [0.3, 0.4) is 0 Å². The Balaban J connectivity index is 2.01. The summed E-state index contributed by atoms with van der Waals surface area (Å²) in [6.07, 6.45) is 3.71. The Bertz CT molecular complexity index is 505. The standard InChI is InChI=1S/C11H12ClN3O/c12-8-1-4-13-11-9(8)14-10(15-11)7-2-5-16-6-3-7/h1,4,7H,2-3,5-6H2,(H,13,14,15). The van der Waals surface area contributed by atoms with E-state index >= 15 is 0 Å². The van der Waals surface area contributed by atoms with E-state index in [9.17, 15) is 0 Å². The molecule has 0 radical (unpaired) electrons. The number of rotatable bonds is 1. The van der Waals surface area contributed by atoms with Crippen molar-refractivity contribution in [1.82, 2.24) is 15.0 Å². The molecule has 0 saturated carbocycles. The molecule has 1 saturated heterocycles. The smallest absolute Gasteiger partial charge is 0.158 e. The van der Waals surface area contributed by atoms with Gasteiger partial charge in [-0.25, -0.2) is 9.97 Å². The molecule has 0 unspecified atom stereocenters. The van der Waals surface area contributed by atoms with Gasteiger partial charge in [0.05, 0.1) is 5.02 Å². The first-order valence-corrected chi connectivity index (χ1v) is 5.80. The zero-order chi connectivity index (χ0) is 11.0. The molecule has 1 aliphatic rings. The number of pyridine rings is 1. The number of H-pyrrole nitrogens is 1. The van der Waals surface area contributed by atoms with Crippen LogP contribution in [0.1, 0.15) is 24.6 Å². The number of halogens is 1. The molecule has 84 valence electrons. The predicted octanol–water partition coefficient (Wildman–Crippen LogP) is 2.51. The first-order valence-electron chi connectivity index (χ1n) is 5.42. The molecule has 1 fully saturated rings. The molecule has 5 heteroatoms. The van der Waals surface area contributed by atoms with Crippen molar-refractivity contribution in [2.75, 3.05) is 13.2 Å². The molecule has 0 atom stereocenters. The van der Waals surface area contributed by atoms with Gasteiger partial charge in [-0.3, -0.25) is 0 Å². The predicted molar refractivity (Wildman–Crippen MR) is 61.7 cm³/mol. The van der Waals surface area contributed by atoms with Gasteiger partial charge in [0, 0.05) is 25.3 Å². The maximum atomic E-state index is 6.06. The van der Waals surface area contributed by atoms with Crippen LogP contribution in [0.15, 0.2) is 12.3 Å². The van der Waals surface area contributed by atoms with E-state index in [1.807, 2.05) is 0 Å². The third-order valence-electron chi connectivity index (χ3n) is 2.96. The van der Waals surface area contributed by atoms with Crippen LogP contribution in [-0.2, 0) is 4.74 Å². The van der Waals surface area contributed by atoms with Crippen molar-refractivity contribution in [3.63, 3.8) is 0 Å². The fourth-order valence-corrected chi connectivity index (χ4v) is 2.25. The van der Waals surface area contributed by atoms with Crippen LogP contribution in [0.4, 0.5) is 0 Å². The summed E-state index contributed by atoms with van der Waals surface area (Å²) in [4.78, 5) is 12.0. The Kier molecular flexibility index (Phi) is 2.53. The summed E-state index contributed by atoms with van der Waals surface area (Å²) in [5.74, 6) is 1.43. The number of nitrogens with one attached hydrogen (secondary N) is 1. The van der Waals surface area contributed by atoms with Gasteiger partial charge in [-0.2, -0.15) is 0 Å². The largest absolute Gasteiger partial charge is 0.381 e. The number of aromatic amines is 1. The zero-order valence-electron chi connectivity index (χ0n) is 8.74. The van der Waals surface area contributed by atoms with Crippen LogP contribution in [0, 0.1) is 0 Å². The van der Waals surface area contributed by atoms with E-state index in [4.69, 9.17) is 16.3 Å². The van der Waals surface area contributed by atoms with Gasteiger partial charge in [-0.1, -0.05) is 11.6 Å². The lowest BCUT2D eigenvalue weighted by atomic mass is 10.00. The lowest BCUT2D eigenvalue weighted by molar-refractivity contribution is 0.0838. The van der Waals surface area contributed by atoms with Crippen molar-refractivity contribution < 1.29 is 4.74 Å². The van der Waals surface area contributed by atoms with E-state index in [-0.39, 0.29) is 0 Å². The van der Waals surface area contributed by atoms with Gasteiger partial charge < -0.3 is 9.72 Å². The van der Waals surface area contributed by atoms with Crippen molar-refractivity contribution in [1.29, 1.82) is 0 Å². The Hall–Kier alpha value is -1.13. The van der Waals surface area contributed by atoms with Gasteiger partial charge in [0.2, 0.25) is 0 Å². The maximum Gasteiger partial charge on any atom is 0.158 e. The summed E-state index contributed by atoms with van der Waals surface area (Å²) in [5, 5.41) is 0.652. The Morgan fingerprint density at radius 1 is 1.38 bits per heavy atom. The summed E-state index contributed by atoms with van der Waals surface area (Å²) in [7, 11) is 0. The average molecular weight is 238 g/mol. The Morgan fingerprint density at radius 2 is 2.19 bits per heavy atom. The van der Waals surface area contributed by atoms with E-state index in [1.165, 1.54) is 0 Å². The summed E-state index contributed by atoms with van der Waals surface area (Å²) in [6.45, 7) is 1.62. The molecule has 0 aliphatic carbocycles. The van der Waals surface area contributed by atoms with Crippen LogP contribution in [0.25, 0.3) is 11.2 Å². The third-order valence-corrected chi connectivity index (χ3v) is 3.27. The highest BCUT2D eigenvalue weighted by molar-refractivity contribution is 6.34. The highest BCUT2D eigenvalue weighted by Crippen LogP contribution is 2.27. The minimum Gasteiger partial charge on any atom is -0.381 e. The fraction of sp³-hybridized carbons (Fsp3) is 0.455. The van der Waals surface area contributed by atoms with E-state index in [2.05, 4.69) is 15.0 Å². The Morgan fingerprint density at radius 3 is 2.94 bits per heavy atom. The second kappa shape index (κ2) is 4.03. The SMILES string of the molecule is Clc1ccnc2[nH]c(C3CCOCC3)nc12. The molecule has 0 bridgehead atoms. The quantitative estimate of drug-likeness (QED) is 0.829. The van der Waals surface area contributed by atoms with Crippen LogP contribution in [0.2, 0.25) is 5.02 Å². The first kappa shape index (κ1) is 10.1. The summed E-state index contributed by atoms with van der Waals surface area (Å²) in [6, 6.07) is 1.76. The van der Waals surface area contributed by atoms with Crippen molar-refractivity contribution in [3.8, 4) is 0 Å². The molecule has 1 N–H and O–H groups in total. The zero-order valence-corrected chi connectivity index (χ0v) is 9.50. The lowest BCUT2D eigenvalue weighted by Gasteiger charge is -2.19. The highest BCUT2D eigenvalue weighted by Gasteiger charge is 2.20. The molecule has 1 aliphatic heterocycles. The topological polar surface area (TPSA) is 50.8 Å². The summed E-state index contributed by atoms with van der Waals surface area (Å²) in [5.41, 5.74) is 1.54. The molecule has 2 aromatic heterocycles. The molecule has 3 heterocycles. The minimum absolute atomic E-state index is 0.444. The molecular weight excluding hydrogens is 226 g/mol. The van der Waals surface area contributed by atoms with Crippen LogP contribution >= 0.6 is 11.6 Å². The van der Waals surface area contributed by atoms with Crippen LogP contribution in [-0.4, -0.2) is 28.2 Å². The second-order valence-corrected chi connectivity index (χ2v) is 4.41. The Labute approximate surface area is 98.0 Å². The second-order valence-electron chi connectivity index (χ2n) is 4.00. The first-order chi connectivity index (χ1) is 7.84. The fourth-order valence-electron chi connectivity index (χ4n) is 2.06. The van der Waals surface area contributed by atoms with Crippen molar-refractivity contribution in [2.24, 2.45) is 0 Å². The molecule has 0 spiro atoms. The summed E-state index contributed by atoms with van der Waals surface area (Å²) < 4.78 is 5.34. The van der Waals surface area contributed by atoms with Crippen LogP contribution < -0.4 is 0 Å². The molecule has 2 aromatic rings. The normalized spacial score (nSPS) is 18.1. The molecular formula is C11H12ClN3O. The maximum absolute atomic E-state index is 6.06. The average Bonchev–Trinajstić information content (AvgIpc) is 2.76. The molecule has 0 aromatic carbocycles. The van der Waals surface area contributed by atoms with Crippen molar-refractivity contribution in [3.05, 3.63) is 23.1 Å². The van der Waals surface area contributed by atoms with Gasteiger partial charge in [-0.05, 0) is 18.9 Å². The van der Waals surface area contributed by atoms with Crippen LogP contribution in [0.5, 0.6) is 0 Å². The van der Waals surface area contributed by atoms with E-state index in [0.717, 1.165) is 43.0 Å². The number of nitrogens with zero attached hydrogens (tertiary/aromatic N) is 2. The number of ether oxygens (including phenoxy) is 1. The number of aromatic nitrogens is 3. The molecule has 3 rings (SSSR count). The number of hydrogen-bond acceptors (Lipinski definition) is 3. The van der Waals surface area contributed by atoms with E-state index < -0.39 is 0 Å². The minimum atomic E-state index is 0.444. The van der Waals surface area contributed by atoms with Gasteiger partial charge in [0.25, 0.3) is 0 Å². The molecule has 16 heavy (non-hydrogen) atoms. The number of hydrogen-bond donors (Lipinski definition) is 1. The van der Waals surface area contributed by atoms with Gasteiger partial charge in [-0.15, -0.1) is 0 Å². The van der Waals surface area contributed by atoms with Gasteiger partial charge in [0.1, 0.15) is 11.3 Å². The molecule has 4 nitrogen and oxygen atoms in total. The summed E-state index contributed by atoms with van der Waals surface area (Å²) >= 11 is 6.06. The van der Waals surface area contributed by atoms with E-state index in [1.54, 1.807) is 12.3 Å². The lowest BCUT2D eigenvalue weighted by Crippen LogP contribution is -2.15.